The van der Waals surface area contributed by atoms with E-state index in [0.29, 0.717) is 0 Å². The van der Waals surface area contributed by atoms with Gasteiger partial charge in [0.2, 0.25) is 0 Å². The van der Waals surface area contributed by atoms with Crippen LogP contribution in [0.2, 0.25) is 0 Å². The fourth-order valence-electron chi connectivity index (χ4n) is 3.63. The number of aromatic nitrogens is 1. The molecule has 134 valence electrons. The van der Waals surface area contributed by atoms with Gasteiger partial charge >= 0.3 is 0 Å². The number of thiophene rings is 1. The van der Waals surface area contributed by atoms with Gasteiger partial charge in [0.1, 0.15) is 0 Å². The van der Waals surface area contributed by atoms with Crippen molar-refractivity contribution in [1.29, 1.82) is 0 Å². The van der Waals surface area contributed by atoms with Gasteiger partial charge in [-0.2, -0.15) is 11.3 Å². The van der Waals surface area contributed by atoms with Crippen molar-refractivity contribution in [3.63, 3.8) is 0 Å². The molecule has 2 aromatic heterocycles. The molecule has 5 rings (SSSR count). The molecule has 0 saturated carbocycles. The summed E-state index contributed by atoms with van der Waals surface area (Å²) in [5.74, 6) is 0. The second-order valence-corrected chi connectivity index (χ2v) is 7.35. The van der Waals surface area contributed by atoms with Gasteiger partial charge in [0, 0.05) is 29.0 Å². The monoisotopic (exact) mass is 378 g/mol. The third kappa shape index (κ3) is 2.96. The van der Waals surface area contributed by atoms with Crippen LogP contribution in [0.15, 0.2) is 108 Å². The normalized spacial score (nSPS) is 10.9. The smallest absolute Gasteiger partial charge is 0.0540 e. The number of para-hydroxylation sites is 1. The predicted octanol–water partition coefficient (Wildman–Crippen LogP) is 7.43. The fourth-order valence-corrected chi connectivity index (χ4v) is 4.29. The quantitative estimate of drug-likeness (QED) is 0.323. The molecule has 0 radical (unpaired) electrons. The van der Waals surface area contributed by atoms with E-state index in [2.05, 4.69) is 106 Å². The van der Waals surface area contributed by atoms with E-state index in [-0.39, 0.29) is 0 Å². The Labute approximate surface area is 168 Å². The topological polar surface area (TPSA) is 16.1 Å². The fraction of sp³-hybridized carbons (Fsp3) is 0. The highest BCUT2D eigenvalue weighted by Gasteiger charge is 2.18. The van der Waals surface area contributed by atoms with Crippen molar-refractivity contribution in [2.75, 3.05) is 4.90 Å². The van der Waals surface area contributed by atoms with Crippen LogP contribution in [0.5, 0.6) is 0 Å². The van der Waals surface area contributed by atoms with Gasteiger partial charge < -0.3 is 4.90 Å². The zero-order chi connectivity index (χ0) is 18.8. The van der Waals surface area contributed by atoms with Gasteiger partial charge in [0.05, 0.1) is 11.4 Å². The Bertz CT molecular complexity index is 1210. The van der Waals surface area contributed by atoms with Crippen molar-refractivity contribution in [1.82, 2.24) is 4.98 Å². The average molecular weight is 379 g/mol. The molecule has 5 aromatic rings. The average Bonchev–Trinajstić information content (AvgIpc) is 3.30. The highest BCUT2D eigenvalue weighted by Crippen LogP contribution is 2.43. The van der Waals surface area contributed by atoms with Crippen molar-refractivity contribution in [2.24, 2.45) is 0 Å². The molecule has 3 heteroatoms. The summed E-state index contributed by atoms with van der Waals surface area (Å²) in [6.07, 6.45) is 3.70. The van der Waals surface area contributed by atoms with E-state index in [9.17, 15) is 0 Å². The Balaban J connectivity index is 1.81. The van der Waals surface area contributed by atoms with E-state index >= 15 is 0 Å². The first-order valence-electron chi connectivity index (χ1n) is 9.21. The lowest BCUT2D eigenvalue weighted by atomic mass is 10.0. The number of hydrogen-bond donors (Lipinski definition) is 0. The van der Waals surface area contributed by atoms with E-state index in [4.69, 9.17) is 0 Å². The Hall–Kier alpha value is -3.43. The summed E-state index contributed by atoms with van der Waals surface area (Å²) in [4.78, 5) is 6.56. The van der Waals surface area contributed by atoms with E-state index in [1.807, 2.05) is 12.4 Å². The van der Waals surface area contributed by atoms with E-state index in [1.165, 1.54) is 21.9 Å². The van der Waals surface area contributed by atoms with E-state index < -0.39 is 0 Å². The zero-order valence-corrected chi connectivity index (χ0v) is 16.0. The highest BCUT2D eigenvalue weighted by molar-refractivity contribution is 7.08. The maximum absolute atomic E-state index is 4.22. The minimum absolute atomic E-state index is 1.09. The van der Waals surface area contributed by atoms with Crippen molar-refractivity contribution in [3.05, 3.63) is 108 Å². The van der Waals surface area contributed by atoms with E-state index in [0.717, 1.165) is 17.1 Å². The molecule has 0 aliphatic rings. The van der Waals surface area contributed by atoms with Gasteiger partial charge in [-0.05, 0) is 52.0 Å². The predicted molar refractivity (Wildman–Crippen MR) is 120 cm³/mol. The van der Waals surface area contributed by atoms with Crippen LogP contribution in [0.1, 0.15) is 0 Å². The lowest BCUT2D eigenvalue weighted by Crippen LogP contribution is -2.11. The van der Waals surface area contributed by atoms with Crippen LogP contribution in [0.3, 0.4) is 0 Å². The molecule has 0 fully saturated rings. The third-order valence-electron chi connectivity index (χ3n) is 4.91. The van der Waals surface area contributed by atoms with Crippen LogP contribution >= 0.6 is 11.3 Å². The van der Waals surface area contributed by atoms with Crippen LogP contribution in [0.25, 0.3) is 21.9 Å². The van der Waals surface area contributed by atoms with Gasteiger partial charge in [-0.25, -0.2) is 0 Å². The first kappa shape index (κ1) is 16.7. The molecule has 0 bridgehead atoms. The Morgan fingerprint density at radius 3 is 2.29 bits per heavy atom. The number of hydrogen-bond acceptors (Lipinski definition) is 3. The summed E-state index contributed by atoms with van der Waals surface area (Å²) in [5, 5.41) is 6.78. The standard InChI is InChI=1S/C25H18N2S/c1-2-8-22-19(6-1)7-5-11-25(22)27(21-12-15-26-16-13-21)24-10-4-3-9-23(24)20-14-17-28-18-20/h1-18H. The van der Waals surface area contributed by atoms with Gasteiger partial charge in [-0.3, -0.25) is 4.98 Å². The number of pyridine rings is 1. The molecule has 2 heterocycles. The van der Waals surface area contributed by atoms with Gasteiger partial charge in [0.15, 0.2) is 0 Å². The first-order chi connectivity index (χ1) is 13.9. The maximum atomic E-state index is 4.22. The van der Waals surface area contributed by atoms with Crippen LogP contribution < -0.4 is 4.90 Å². The molecule has 0 saturated heterocycles. The van der Waals surface area contributed by atoms with Crippen LogP contribution in [-0.4, -0.2) is 4.98 Å². The maximum Gasteiger partial charge on any atom is 0.0540 e. The summed E-state index contributed by atoms with van der Waals surface area (Å²) in [6.45, 7) is 0. The van der Waals surface area contributed by atoms with Gasteiger partial charge in [-0.15, -0.1) is 0 Å². The molecule has 0 aliphatic carbocycles. The van der Waals surface area contributed by atoms with Crippen molar-refractivity contribution < 1.29 is 0 Å². The van der Waals surface area contributed by atoms with Gasteiger partial charge in [0.25, 0.3) is 0 Å². The molecule has 3 aromatic carbocycles. The SMILES string of the molecule is c1ccc(N(c2ccncc2)c2cccc3ccccc23)c(-c2ccsc2)c1. The summed E-state index contributed by atoms with van der Waals surface area (Å²) in [6, 6.07) is 29.9. The summed E-state index contributed by atoms with van der Waals surface area (Å²) >= 11 is 1.72. The van der Waals surface area contributed by atoms with E-state index in [1.54, 1.807) is 11.3 Å². The Kier molecular flexibility index (Phi) is 4.36. The molecule has 0 spiro atoms. The number of rotatable bonds is 4. The van der Waals surface area contributed by atoms with Gasteiger partial charge in [-0.1, -0.05) is 54.6 Å². The molecule has 0 unspecified atom stereocenters. The lowest BCUT2D eigenvalue weighted by molar-refractivity contribution is 1.25. The van der Waals surface area contributed by atoms with Crippen LogP contribution in [0.4, 0.5) is 17.1 Å². The number of anilines is 3. The molecular formula is C25H18N2S. The van der Waals surface area contributed by atoms with Crippen molar-refractivity contribution in [2.45, 2.75) is 0 Å². The molecule has 0 aliphatic heterocycles. The number of benzene rings is 3. The molecule has 0 amide bonds. The van der Waals surface area contributed by atoms with Crippen molar-refractivity contribution in [3.8, 4) is 11.1 Å². The second-order valence-electron chi connectivity index (χ2n) is 6.57. The second kappa shape index (κ2) is 7.29. The number of nitrogens with zero attached hydrogens (tertiary/aromatic N) is 2. The molecule has 0 N–H and O–H groups in total. The Morgan fingerprint density at radius 2 is 1.43 bits per heavy atom. The summed E-state index contributed by atoms with van der Waals surface area (Å²) in [7, 11) is 0. The van der Waals surface area contributed by atoms with Crippen LogP contribution in [0, 0.1) is 0 Å². The van der Waals surface area contributed by atoms with Crippen LogP contribution in [-0.2, 0) is 0 Å². The Morgan fingerprint density at radius 1 is 0.679 bits per heavy atom. The molecule has 2 nitrogen and oxygen atoms in total. The molecule has 0 atom stereocenters. The molecule has 28 heavy (non-hydrogen) atoms. The highest BCUT2D eigenvalue weighted by atomic mass is 32.1. The van der Waals surface area contributed by atoms with Crippen molar-refractivity contribution >= 4 is 39.2 Å². The molecular weight excluding hydrogens is 360 g/mol. The lowest BCUT2D eigenvalue weighted by Gasteiger charge is -2.28. The third-order valence-corrected chi connectivity index (χ3v) is 5.59. The largest absolute Gasteiger partial charge is 0.309 e. The zero-order valence-electron chi connectivity index (χ0n) is 15.2. The minimum Gasteiger partial charge on any atom is -0.309 e. The first-order valence-corrected chi connectivity index (χ1v) is 10.2. The summed E-state index contributed by atoms with van der Waals surface area (Å²) < 4.78 is 0. The summed E-state index contributed by atoms with van der Waals surface area (Å²) in [5.41, 5.74) is 5.86. The minimum atomic E-state index is 1.09. The number of fused-ring (bicyclic) bond motifs is 1.